The minimum Gasteiger partial charge on any atom is -0.465 e. The number of methoxy groups -OCH3 is 1. The topological polar surface area (TPSA) is 43.4 Å². The summed E-state index contributed by atoms with van der Waals surface area (Å²) in [5.74, 6) is -0.501. The summed E-state index contributed by atoms with van der Waals surface area (Å²) in [5, 5.41) is 1.67. The van der Waals surface area contributed by atoms with Gasteiger partial charge < -0.3 is 4.74 Å². The standard InChI is InChI=1S/C13H10O3S/c1-16-13(15)11-7-10(8-17-11)12(14)9-5-3-2-4-6-9/h2-8H,1H3. The monoisotopic (exact) mass is 246 g/mol. The van der Waals surface area contributed by atoms with E-state index < -0.39 is 5.97 Å². The van der Waals surface area contributed by atoms with Gasteiger partial charge in [0.15, 0.2) is 5.78 Å². The lowest BCUT2D eigenvalue weighted by molar-refractivity contribution is 0.0606. The molecule has 86 valence electrons. The van der Waals surface area contributed by atoms with Gasteiger partial charge in [-0.15, -0.1) is 11.3 Å². The molecule has 3 nitrogen and oxygen atoms in total. The maximum Gasteiger partial charge on any atom is 0.348 e. The lowest BCUT2D eigenvalue weighted by Gasteiger charge is -1.96. The SMILES string of the molecule is COC(=O)c1cc(C(=O)c2ccccc2)cs1. The second-order valence-corrected chi connectivity index (χ2v) is 4.30. The molecule has 0 spiro atoms. The minimum atomic E-state index is -0.415. The van der Waals surface area contributed by atoms with Crippen LogP contribution in [-0.4, -0.2) is 18.9 Å². The van der Waals surface area contributed by atoms with Crippen LogP contribution in [0.2, 0.25) is 0 Å². The molecule has 0 atom stereocenters. The molecule has 1 aromatic carbocycles. The summed E-state index contributed by atoms with van der Waals surface area (Å²) in [6, 6.07) is 10.5. The maximum atomic E-state index is 12.0. The van der Waals surface area contributed by atoms with Crippen LogP contribution < -0.4 is 0 Å². The second-order valence-electron chi connectivity index (χ2n) is 3.39. The first kappa shape index (κ1) is 11.5. The van der Waals surface area contributed by atoms with Crippen molar-refractivity contribution in [3.8, 4) is 0 Å². The molecule has 1 heterocycles. The van der Waals surface area contributed by atoms with Crippen molar-refractivity contribution < 1.29 is 14.3 Å². The highest BCUT2D eigenvalue weighted by Crippen LogP contribution is 2.18. The molecule has 0 N–H and O–H groups in total. The van der Waals surface area contributed by atoms with Crippen LogP contribution in [0.5, 0.6) is 0 Å². The predicted molar refractivity (Wildman–Crippen MR) is 65.5 cm³/mol. The normalized spacial score (nSPS) is 9.94. The van der Waals surface area contributed by atoms with E-state index in [2.05, 4.69) is 4.74 Å². The van der Waals surface area contributed by atoms with E-state index in [0.29, 0.717) is 16.0 Å². The Morgan fingerprint density at radius 3 is 2.47 bits per heavy atom. The van der Waals surface area contributed by atoms with Crippen LogP contribution in [0.3, 0.4) is 0 Å². The van der Waals surface area contributed by atoms with E-state index in [4.69, 9.17) is 0 Å². The number of ketones is 1. The van der Waals surface area contributed by atoms with Crippen LogP contribution in [-0.2, 0) is 4.74 Å². The number of hydrogen-bond donors (Lipinski definition) is 0. The molecule has 2 aromatic rings. The molecule has 17 heavy (non-hydrogen) atoms. The summed E-state index contributed by atoms with van der Waals surface area (Å²) in [6.45, 7) is 0. The van der Waals surface area contributed by atoms with Gasteiger partial charge in [0.1, 0.15) is 4.88 Å². The fourth-order valence-corrected chi connectivity index (χ4v) is 2.22. The van der Waals surface area contributed by atoms with Crippen LogP contribution in [0.4, 0.5) is 0 Å². The van der Waals surface area contributed by atoms with Gasteiger partial charge in [-0.3, -0.25) is 4.79 Å². The molecule has 0 unspecified atom stereocenters. The van der Waals surface area contributed by atoms with Crippen molar-refractivity contribution in [2.45, 2.75) is 0 Å². The third-order valence-electron chi connectivity index (χ3n) is 2.28. The lowest BCUT2D eigenvalue weighted by atomic mass is 10.1. The fraction of sp³-hybridized carbons (Fsp3) is 0.0769. The Bertz CT molecular complexity index is 543. The van der Waals surface area contributed by atoms with Gasteiger partial charge in [-0.2, -0.15) is 0 Å². The summed E-state index contributed by atoms with van der Waals surface area (Å²) in [6.07, 6.45) is 0. The van der Waals surface area contributed by atoms with E-state index in [1.807, 2.05) is 6.07 Å². The van der Waals surface area contributed by atoms with Gasteiger partial charge in [0.05, 0.1) is 7.11 Å². The van der Waals surface area contributed by atoms with Crippen molar-refractivity contribution in [3.05, 3.63) is 57.8 Å². The molecule has 0 radical (unpaired) electrons. The van der Waals surface area contributed by atoms with Gasteiger partial charge >= 0.3 is 5.97 Å². The first-order valence-electron chi connectivity index (χ1n) is 4.99. The highest BCUT2D eigenvalue weighted by atomic mass is 32.1. The van der Waals surface area contributed by atoms with Crippen LogP contribution in [0.15, 0.2) is 41.8 Å². The van der Waals surface area contributed by atoms with Gasteiger partial charge in [0.25, 0.3) is 0 Å². The molecule has 0 saturated carbocycles. The Balaban J connectivity index is 2.27. The molecule has 0 amide bonds. The van der Waals surface area contributed by atoms with Gasteiger partial charge in [-0.1, -0.05) is 30.3 Å². The number of benzene rings is 1. The van der Waals surface area contributed by atoms with Crippen molar-refractivity contribution >= 4 is 23.1 Å². The number of carbonyl (C=O) groups excluding carboxylic acids is 2. The van der Waals surface area contributed by atoms with Crippen LogP contribution >= 0.6 is 11.3 Å². The minimum absolute atomic E-state index is 0.0861. The van der Waals surface area contributed by atoms with Gasteiger partial charge in [0.2, 0.25) is 0 Å². The number of esters is 1. The zero-order valence-corrected chi connectivity index (χ0v) is 9.99. The van der Waals surface area contributed by atoms with Crippen molar-refractivity contribution in [3.63, 3.8) is 0 Å². The van der Waals surface area contributed by atoms with Crippen LogP contribution in [0, 0.1) is 0 Å². The first-order valence-corrected chi connectivity index (χ1v) is 5.87. The molecule has 0 bridgehead atoms. The molecule has 1 aromatic heterocycles. The van der Waals surface area contributed by atoms with Gasteiger partial charge in [0, 0.05) is 16.5 Å². The highest BCUT2D eigenvalue weighted by molar-refractivity contribution is 7.12. The zero-order valence-electron chi connectivity index (χ0n) is 9.17. The number of rotatable bonds is 3. The quantitative estimate of drug-likeness (QED) is 0.618. The fourth-order valence-electron chi connectivity index (χ4n) is 1.42. The van der Waals surface area contributed by atoms with Crippen molar-refractivity contribution in [2.24, 2.45) is 0 Å². The molecule has 0 aliphatic rings. The van der Waals surface area contributed by atoms with E-state index in [1.165, 1.54) is 18.4 Å². The van der Waals surface area contributed by atoms with Gasteiger partial charge in [-0.25, -0.2) is 4.79 Å². The second kappa shape index (κ2) is 4.93. The molecule has 0 aliphatic carbocycles. The predicted octanol–water partition coefficient (Wildman–Crippen LogP) is 2.77. The van der Waals surface area contributed by atoms with Crippen molar-refractivity contribution in [2.75, 3.05) is 7.11 Å². The molecule has 0 fully saturated rings. The highest BCUT2D eigenvalue weighted by Gasteiger charge is 2.14. The summed E-state index contributed by atoms with van der Waals surface area (Å²) in [5.41, 5.74) is 1.13. The number of hydrogen-bond acceptors (Lipinski definition) is 4. The average molecular weight is 246 g/mol. The molecule has 0 saturated heterocycles. The zero-order chi connectivity index (χ0) is 12.3. The van der Waals surface area contributed by atoms with E-state index >= 15 is 0 Å². The van der Waals surface area contributed by atoms with Crippen LogP contribution in [0.1, 0.15) is 25.6 Å². The summed E-state index contributed by atoms with van der Waals surface area (Å²) >= 11 is 1.21. The molecular formula is C13H10O3S. The molecule has 2 rings (SSSR count). The van der Waals surface area contributed by atoms with E-state index in [1.54, 1.807) is 35.7 Å². The third kappa shape index (κ3) is 2.42. The summed E-state index contributed by atoms with van der Waals surface area (Å²) in [7, 11) is 1.32. The summed E-state index contributed by atoms with van der Waals surface area (Å²) in [4.78, 5) is 23.7. The van der Waals surface area contributed by atoms with E-state index in [9.17, 15) is 9.59 Å². The number of carbonyl (C=O) groups is 2. The Morgan fingerprint density at radius 1 is 1.12 bits per heavy atom. The lowest BCUT2D eigenvalue weighted by Crippen LogP contribution is -2.00. The Labute approximate surface area is 103 Å². The van der Waals surface area contributed by atoms with Crippen molar-refractivity contribution in [1.29, 1.82) is 0 Å². The first-order chi connectivity index (χ1) is 8.22. The Kier molecular flexibility index (Phi) is 3.35. The number of thiophene rings is 1. The van der Waals surface area contributed by atoms with E-state index in [-0.39, 0.29) is 5.78 Å². The van der Waals surface area contributed by atoms with E-state index in [0.717, 1.165) is 0 Å². The van der Waals surface area contributed by atoms with Crippen molar-refractivity contribution in [1.82, 2.24) is 0 Å². The summed E-state index contributed by atoms with van der Waals surface area (Å²) < 4.78 is 4.60. The average Bonchev–Trinajstić information content (AvgIpc) is 2.87. The third-order valence-corrected chi connectivity index (χ3v) is 3.19. The van der Waals surface area contributed by atoms with Gasteiger partial charge in [-0.05, 0) is 6.07 Å². The Morgan fingerprint density at radius 2 is 1.82 bits per heavy atom. The smallest absolute Gasteiger partial charge is 0.348 e. The largest absolute Gasteiger partial charge is 0.465 e. The molecule has 4 heteroatoms. The maximum absolute atomic E-state index is 12.0. The molecular weight excluding hydrogens is 236 g/mol. The molecule has 0 aliphatic heterocycles. The Hall–Kier alpha value is -1.94. The van der Waals surface area contributed by atoms with Crippen LogP contribution in [0.25, 0.3) is 0 Å². The number of ether oxygens (including phenoxy) is 1.